The van der Waals surface area contributed by atoms with Crippen LogP contribution in [0.3, 0.4) is 0 Å². The van der Waals surface area contributed by atoms with Crippen LogP contribution in [0.1, 0.15) is 27.2 Å². The molecule has 6 heteroatoms. The summed E-state index contributed by atoms with van der Waals surface area (Å²) < 4.78 is 5.00. The number of carbonyl (C=O) groups is 2. The van der Waals surface area contributed by atoms with Crippen molar-refractivity contribution in [3.63, 3.8) is 0 Å². The summed E-state index contributed by atoms with van der Waals surface area (Å²) in [4.78, 5) is 27.7. The molecule has 3 aromatic carbocycles. The first-order valence-corrected chi connectivity index (χ1v) is 10.5. The second-order valence-electron chi connectivity index (χ2n) is 7.49. The molecule has 0 bridgehead atoms. The molecule has 0 saturated heterocycles. The number of hydrogen-bond donors (Lipinski definition) is 2. The van der Waals surface area contributed by atoms with Gasteiger partial charge in [-0.3, -0.25) is 4.79 Å². The van der Waals surface area contributed by atoms with Gasteiger partial charge in [0.15, 0.2) is 12.4 Å². The molecule has 0 amide bonds. The first-order chi connectivity index (χ1) is 16.5. The minimum atomic E-state index is -1.13. The number of rotatable bonds is 8. The van der Waals surface area contributed by atoms with E-state index in [1.54, 1.807) is 6.08 Å². The van der Waals surface area contributed by atoms with Crippen molar-refractivity contribution < 1.29 is 24.5 Å². The molecule has 4 aromatic rings. The van der Waals surface area contributed by atoms with Crippen molar-refractivity contribution in [1.29, 1.82) is 0 Å². The number of carboxylic acids is 1. The molecule has 0 unspecified atom stereocenters. The summed E-state index contributed by atoms with van der Waals surface area (Å²) in [6, 6.07) is 23.7. The van der Waals surface area contributed by atoms with E-state index in [1.165, 1.54) is 24.3 Å². The van der Waals surface area contributed by atoms with Crippen LogP contribution in [0.2, 0.25) is 0 Å². The standard InChI is InChI=1S/C28H21NO5/c30-26(24-14-13-23(17-27(24)31)34-18-28(32)33)15-9-20-5-3-4-19(16-20)8-11-22-12-10-21-6-1-2-7-25(21)29-22/h1-17,31H,18H2,(H,32,33). The van der Waals surface area contributed by atoms with Gasteiger partial charge in [0.2, 0.25) is 0 Å². The van der Waals surface area contributed by atoms with Crippen LogP contribution in [0.4, 0.5) is 0 Å². The molecule has 1 aromatic heterocycles. The van der Waals surface area contributed by atoms with Crippen molar-refractivity contribution in [2.45, 2.75) is 0 Å². The van der Waals surface area contributed by atoms with Gasteiger partial charge in [0.1, 0.15) is 11.5 Å². The topological polar surface area (TPSA) is 96.7 Å². The number of ether oxygens (including phenoxy) is 1. The number of hydrogen-bond acceptors (Lipinski definition) is 5. The third kappa shape index (κ3) is 5.75. The van der Waals surface area contributed by atoms with E-state index in [0.29, 0.717) is 0 Å². The van der Waals surface area contributed by atoms with Crippen LogP contribution in [-0.2, 0) is 4.79 Å². The number of aliphatic carboxylic acids is 1. The average molecular weight is 451 g/mol. The van der Waals surface area contributed by atoms with Gasteiger partial charge in [-0.15, -0.1) is 0 Å². The molecule has 0 fully saturated rings. The van der Waals surface area contributed by atoms with E-state index in [9.17, 15) is 14.7 Å². The predicted octanol–water partition coefficient (Wildman–Crippen LogP) is 5.47. The summed E-state index contributed by atoms with van der Waals surface area (Å²) in [6.45, 7) is -0.533. The van der Waals surface area contributed by atoms with E-state index in [4.69, 9.17) is 9.84 Å². The molecule has 168 valence electrons. The molecule has 0 saturated carbocycles. The number of phenols is 1. The lowest BCUT2D eigenvalue weighted by Gasteiger charge is -2.06. The van der Waals surface area contributed by atoms with E-state index in [-0.39, 0.29) is 22.8 Å². The number of aromatic hydroxyl groups is 1. The summed E-state index contributed by atoms with van der Waals surface area (Å²) in [5.74, 6) is -1.63. The Hall–Kier alpha value is -4.71. The highest BCUT2D eigenvalue weighted by Gasteiger charge is 2.10. The number of aromatic nitrogens is 1. The number of benzene rings is 3. The number of fused-ring (bicyclic) bond motifs is 1. The maximum absolute atomic E-state index is 12.5. The summed E-state index contributed by atoms with van der Waals surface area (Å²) in [6.07, 6.45) is 6.94. The highest BCUT2D eigenvalue weighted by atomic mass is 16.5. The Morgan fingerprint density at radius 2 is 1.65 bits per heavy atom. The third-order valence-corrected chi connectivity index (χ3v) is 5.00. The largest absolute Gasteiger partial charge is 0.507 e. The van der Waals surface area contributed by atoms with Crippen LogP contribution in [-0.4, -0.2) is 33.6 Å². The van der Waals surface area contributed by atoms with Gasteiger partial charge < -0.3 is 14.9 Å². The first kappa shape index (κ1) is 22.5. The molecule has 1 heterocycles. The second-order valence-corrected chi connectivity index (χ2v) is 7.49. The summed E-state index contributed by atoms with van der Waals surface area (Å²) in [5.41, 5.74) is 3.65. The van der Waals surface area contributed by atoms with Crippen LogP contribution in [0, 0.1) is 0 Å². The van der Waals surface area contributed by atoms with Gasteiger partial charge in [-0.05, 0) is 53.6 Å². The fraction of sp³-hybridized carbons (Fsp3) is 0.0357. The summed E-state index contributed by atoms with van der Waals surface area (Å²) in [7, 11) is 0. The minimum Gasteiger partial charge on any atom is -0.507 e. The fourth-order valence-corrected chi connectivity index (χ4v) is 3.34. The van der Waals surface area contributed by atoms with Gasteiger partial charge in [-0.2, -0.15) is 0 Å². The Labute approximate surface area is 196 Å². The molecule has 6 nitrogen and oxygen atoms in total. The van der Waals surface area contributed by atoms with Crippen LogP contribution in [0.25, 0.3) is 29.1 Å². The van der Waals surface area contributed by atoms with Crippen molar-refractivity contribution in [2.75, 3.05) is 6.61 Å². The zero-order chi connectivity index (χ0) is 23.9. The Balaban J connectivity index is 1.45. The van der Waals surface area contributed by atoms with Crippen molar-refractivity contribution in [2.24, 2.45) is 0 Å². The summed E-state index contributed by atoms with van der Waals surface area (Å²) >= 11 is 0. The van der Waals surface area contributed by atoms with Crippen LogP contribution < -0.4 is 4.74 Å². The van der Waals surface area contributed by atoms with Crippen LogP contribution in [0.15, 0.2) is 84.9 Å². The number of para-hydroxylation sites is 1. The third-order valence-electron chi connectivity index (χ3n) is 5.00. The Morgan fingerprint density at radius 3 is 2.44 bits per heavy atom. The number of allylic oxidation sites excluding steroid dienone is 1. The molecular formula is C28H21NO5. The maximum atomic E-state index is 12.5. The zero-order valence-electron chi connectivity index (χ0n) is 18.1. The van der Waals surface area contributed by atoms with E-state index in [1.807, 2.05) is 72.8 Å². The number of phenolic OH excluding ortho intramolecular Hbond substituents is 1. The maximum Gasteiger partial charge on any atom is 0.341 e. The number of nitrogens with zero attached hydrogens (tertiary/aromatic N) is 1. The SMILES string of the molecule is O=C(O)COc1ccc(C(=O)C=Cc2cccc(C=Cc3ccc4ccccc4n3)c2)c(O)c1. The molecule has 0 aliphatic heterocycles. The molecule has 0 spiro atoms. The predicted molar refractivity (Wildman–Crippen MR) is 132 cm³/mol. The van der Waals surface area contributed by atoms with E-state index < -0.39 is 12.6 Å². The molecule has 0 radical (unpaired) electrons. The number of carboxylic acid groups (broad SMARTS) is 1. The quantitative estimate of drug-likeness (QED) is 0.272. The van der Waals surface area contributed by atoms with Gasteiger partial charge in [0.05, 0.1) is 16.8 Å². The number of ketones is 1. The van der Waals surface area contributed by atoms with E-state index in [2.05, 4.69) is 4.98 Å². The Bertz CT molecular complexity index is 1420. The monoisotopic (exact) mass is 451 g/mol. The lowest BCUT2D eigenvalue weighted by atomic mass is 10.1. The van der Waals surface area contributed by atoms with Crippen molar-refractivity contribution in [3.8, 4) is 11.5 Å². The normalized spacial score (nSPS) is 11.3. The lowest BCUT2D eigenvalue weighted by Crippen LogP contribution is -2.09. The lowest BCUT2D eigenvalue weighted by molar-refractivity contribution is -0.139. The van der Waals surface area contributed by atoms with Gasteiger partial charge in [0, 0.05) is 11.5 Å². The molecular weight excluding hydrogens is 430 g/mol. The molecule has 34 heavy (non-hydrogen) atoms. The summed E-state index contributed by atoms with van der Waals surface area (Å²) in [5, 5.41) is 19.9. The highest BCUT2D eigenvalue weighted by molar-refractivity contribution is 6.08. The van der Waals surface area contributed by atoms with Crippen molar-refractivity contribution >= 4 is 40.9 Å². The smallest absolute Gasteiger partial charge is 0.341 e. The Morgan fingerprint density at radius 1 is 0.853 bits per heavy atom. The molecule has 4 rings (SSSR count). The van der Waals surface area contributed by atoms with Crippen molar-refractivity contribution in [1.82, 2.24) is 4.98 Å². The van der Waals surface area contributed by atoms with Gasteiger partial charge >= 0.3 is 5.97 Å². The van der Waals surface area contributed by atoms with Crippen molar-refractivity contribution in [3.05, 3.63) is 107 Å². The highest BCUT2D eigenvalue weighted by Crippen LogP contribution is 2.24. The van der Waals surface area contributed by atoms with Gasteiger partial charge in [-0.25, -0.2) is 9.78 Å². The van der Waals surface area contributed by atoms with Crippen LogP contribution in [0.5, 0.6) is 11.5 Å². The minimum absolute atomic E-state index is 0.0948. The molecule has 0 atom stereocenters. The second kappa shape index (κ2) is 10.3. The van der Waals surface area contributed by atoms with E-state index in [0.717, 1.165) is 27.7 Å². The fourth-order valence-electron chi connectivity index (χ4n) is 3.34. The zero-order valence-corrected chi connectivity index (χ0v) is 18.1. The van der Waals surface area contributed by atoms with Gasteiger partial charge in [-0.1, -0.05) is 54.6 Å². The molecule has 2 N–H and O–H groups in total. The van der Waals surface area contributed by atoms with Crippen LogP contribution >= 0.6 is 0 Å². The molecule has 0 aliphatic rings. The first-order valence-electron chi connectivity index (χ1n) is 10.5. The average Bonchev–Trinajstić information content (AvgIpc) is 2.85. The number of pyridine rings is 1. The van der Waals surface area contributed by atoms with Gasteiger partial charge in [0.25, 0.3) is 0 Å². The number of carbonyl (C=O) groups excluding carboxylic acids is 1. The van der Waals surface area contributed by atoms with E-state index >= 15 is 0 Å². The Kier molecular flexibility index (Phi) is 6.79. The molecule has 0 aliphatic carbocycles.